The molecule has 2 bridgehead atoms. The molecule has 0 amide bonds. The Labute approximate surface area is 117 Å². The average molecular weight is 254 g/mol. The second-order valence-electron chi connectivity index (χ2n) is 6.91. The molecule has 0 atom stereocenters. The molecule has 0 N–H and O–H groups in total. The molecule has 3 aliphatic rings. The second-order valence-corrected chi connectivity index (χ2v) is 6.91. The summed E-state index contributed by atoms with van der Waals surface area (Å²) in [7, 11) is 0. The van der Waals surface area contributed by atoms with Gasteiger partial charge in [-0.15, -0.1) is 6.58 Å². The van der Waals surface area contributed by atoms with Crippen LogP contribution in [-0.2, 0) is 12.8 Å². The SMILES string of the molecule is C=CC12CCC(Cc3ccc(CC)cc3)(CC1)CC2. The molecule has 0 saturated heterocycles. The number of rotatable bonds is 4. The lowest BCUT2D eigenvalue weighted by molar-refractivity contribution is 0.0220. The quantitative estimate of drug-likeness (QED) is 0.638. The van der Waals surface area contributed by atoms with Crippen molar-refractivity contribution in [1.29, 1.82) is 0 Å². The first kappa shape index (κ1) is 13.0. The van der Waals surface area contributed by atoms with E-state index in [1.165, 1.54) is 50.5 Å². The molecule has 1 aromatic carbocycles. The predicted molar refractivity (Wildman–Crippen MR) is 82.3 cm³/mol. The van der Waals surface area contributed by atoms with Gasteiger partial charge >= 0.3 is 0 Å². The molecule has 0 spiro atoms. The van der Waals surface area contributed by atoms with E-state index in [1.54, 1.807) is 5.56 Å². The minimum Gasteiger partial charge on any atom is -0.103 e. The molecule has 3 aliphatic carbocycles. The first-order chi connectivity index (χ1) is 9.19. The van der Waals surface area contributed by atoms with Crippen molar-refractivity contribution < 1.29 is 0 Å². The summed E-state index contributed by atoms with van der Waals surface area (Å²) in [5.41, 5.74) is 4.12. The molecule has 3 saturated carbocycles. The van der Waals surface area contributed by atoms with Crippen LogP contribution >= 0.6 is 0 Å². The molecule has 102 valence electrons. The highest BCUT2D eigenvalue weighted by Crippen LogP contribution is 2.58. The molecule has 0 unspecified atom stereocenters. The summed E-state index contributed by atoms with van der Waals surface area (Å²) in [5.74, 6) is 0. The Bertz CT molecular complexity index is 427. The minimum atomic E-state index is 0.508. The van der Waals surface area contributed by atoms with Gasteiger partial charge in [0.2, 0.25) is 0 Å². The fraction of sp³-hybridized carbons (Fsp3) is 0.579. The summed E-state index contributed by atoms with van der Waals surface area (Å²) >= 11 is 0. The second kappa shape index (κ2) is 4.81. The van der Waals surface area contributed by atoms with Crippen molar-refractivity contribution in [2.24, 2.45) is 10.8 Å². The van der Waals surface area contributed by atoms with Gasteiger partial charge in [0.15, 0.2) is 0 Å². The lowest BCUT2D eigenvalue weighted by Gasteiger charge is -2.52. The van der Waals surface area contributed by atoms with Crippen LogP contribution < -0.4 is 0 Å². The molecule has 0 aromatic heterocycles. The molecule has 0 aliphatic heterocycles. The zero-order valence-corrected chi connectivity index (χ0v) is 12.3. The van der Waals surface area contributed by atoms with Crippen LogP contribution in [0.3, 0.4) is 0 Å². The third-order valence-corrected chi connectivity index (χ3v) is 5.90. The number of hydrogen-bond donors (Lipinski definition) is 0. The van der Waals surface area contributed by atoms with E-state index in [-0.39, 0.29) is 0 Å². The molecule has 0 radical (unpaired) electrons. The van der Waals surface area contributed by atoms with Gasteiger partial charge in [-0.25, -0.2) is 0 Å². The van der Waals surface area contributed by atoms with Crippen molar-refractivity contribution in [2.75, 3.05) is 0 Å². The molecular formula is C19H26. The molecular weight excluding hydrogens is 228 g/mol. The van der Waals surface area contributed by atoms with Crippen molar-refractivity contribution in [3.8, 4) is 0 Å². The third kappa shape index (κ3) is 2.38. The molecule has 1 aromatic rings. The van der Waals surface area contributed by atoms with Gasteiger partial charge in [0.25, 0.3) is 0 Å². The van der Waals surface area contributed by atoms with E-state index in [2.05, 4.69) is 43.8 Å². The standard InChI is InChI=1S/C19H26/c1-3-16-5-7-17(8-6-16)15-19-12-9-18(4-2,10-13-19)11-14-19/h4-8H,2-3,9-15H2,1H3. The van der Waals surface area contributed by atoms with Gasteiger partial charge in [-0.05, 0) is 73.3 Å². The summed E-state index contributed by atoms with van der Waals surface area (Å²) in [5, 5.41) is 0. The lowest BCUT2D eigenvalue weighted by Crippen LogP contribution is -2.41. The number of fused-ring (bicyclic) bond motifs is 3. The smallest absolute Gasteiger partial charge is 0.0120 e. The highest BCUT2D eigenvalue weighted by molar-refractivity contribution is 5.24. The highest BCUT2D eigenvalue weighted by Gasteiger charge is 2.46. The van der Waals surface area contributed by atoms with Crippen LogP contribution in [0.25, 0.3) is 0 Å². The monoisotopic (exact) mass is 254 g/mol. The van der Waals surface area contributed by atoms with E-state index >= 15 is 0 Å². The topological polar surface area (TPSA) is 0 Å². The maximum atomic E-state index is 4.08. The molecule has 3 fully saturated rings. The largest absolute Gasteiger partial charge is 0.103 e. The van der Waals surface area contributed by atoms with E-state index in [1.807, 2.05) is 0 Å². The molecule has 0 nitrogen and oxygen atoms in total. The van der Waals surface area contributed by atoms with Crippen LogP contribution in [0.15, 0.2) is 36.9 Å². The Kier molecular flexibility index (Phi) is 3.28. The maximum Gasteiger partial charge on any atom is -0.0120 e. The zero-order valence-electron chi connectivity index (χ0n) is 12.3. The summed E-state index contributed by atoms with van der Waals surface area (Å²) in [6.45, 7) is 6.30. The predicted octanol–water partition coefficient (Wildman–Crippen LogP) is 5.32. The van der Waals surface area contributed by atoms with E-state index in [9.17, 15) is 0 Å². The minimum absolute atomic E-state index is 0.508. The van der Waals surface area contributed by atoms with Crippen molar-refractivity contribution in [2.45, 2.75) is 58.3 Å². The fourth-order valence-electron chi connectivity index (χ4n) is 4.19. The first-order valence-corrected chi connectivity index (χ1v) is 7.91. The van der Waals surface area contributed by atoms with Crippen LogP contribution in [0.2, 0.25) is 0 Å². The van der Waals surface area contributed by atoms with Crippen LogP contribution in [-0.4, -0.2) is 0 Å². The van der Waals surface area contributed by atoms with Gasteiger partial charge in [-0.3, -0.25) is 0 Å². The average Bonchev–Trinajstić information content (AvgIpc) is 2.50. The number of aryl methyl sites for hydroxylation is 1. The van der Waals surface area contributed by atoms with E-state index in [4.69, 9.17) is 0 Å². The van der Waals surface area contributed by atoms with Gasteiger partial charge in [-0.2, -0.15) is 0 Å². The van der Waals surface area contributed by atoms with Crippen LogP contribution in [0.5, 0.6) is 0 Å². The maximum absolute atomic E-state index is 4.08. The van der Waals surface area contributed by atoms with Crippen molar-refractivity contribution in [1.82, 2.24) is 0 Å². The molecule has 4 rings (SSSR count). The summed E-state index contributed by atoms with van der Waals surface area (Å²) < 4.78 is 0. The Morgan fingerprint density at radius 2 is 1.47 bits per heavy atom. The Hall–Kier alpha value is -1.04. The summed E-state index contributed by atoms with van der Waals surface area (Å²) in [6.07, 6.45) is 13.1. The van der Waals surface area contributed by atoms with Gasteiger partial charge in [-0.1, -0.05) is 37.3 Å². The van der Waals surface area contributed by atoms with Gasteiger partial charge in [0, 0.05) is 0 Å². The van der Waals surface area contributed by atoms with Crippen LogP contribution in [0.4, 0.5) is 0 Å². The van der Waals surface area contributed by atoms with Crippen LogP contribution in [0.1, 0.15) is 56.6 Å². The lowest BCUT2D eigenvalue weighted by atomic mass is 9.52. The Morgan fingerprint density at radius 1 is 0.947 bits per heavy atom. The van der Waals surface area contributed by atoms with Gasteiger partial charge in [0.05, 0.1) is 0 Å². The summed E-state index contributed by atoms with van der Waals surface area (Å²) in [4.78, 5) is 0. The number of benzene rings is 1. The Morgan fingerprint density at radius 3 is 1.95 bits per heavy atom. The first-order valence-electron chi connectivity index (χ1n) is 7.91. The molecule has 0 heteroatoms. The van der Waals surface area contributed by atoms with Gasteiger partial charge in [0.1, 0.15) is 0 Å². The summed E-state index contributed by atoms with van der Waals surface area (Å²) in [6, 6.07) is 9.34. The zero-order chi connectivity index (χ0) is 13.3. The van der Waals surface area contributed by atoms with E-state index in [0.29, 0.717) is 10.8 Å². The number of hydrogen-bond acceptors (Lipinski definition) is 0. The fourth-order valence-corrected chi connectivity index (χ4v) is 4.19. The van der Waals surface area contributed by atoms with Crippen LogP contribution in [0, 0.1) is 10.8 Å². The Balaban J connectivity index is 1.71. The highest BCUT2D eigenvalue weighted by atomic mass is 14.5. The van der Waals surface area contributed by atoms with E-state index < -0.39 is 0 Å². The van der Waals surface area contributed by atoms with Crippen molar-refractivity contribution >= 4 is 0 Å². The van der Waals surface area contributed by atoms with Crippen molar-refractivity contribution in [3.05, 3.63) is 48.0 Å². The molecule has 19 heavy (non-hydrogen) atoms. The normalized spacial score (nSPS) is 33.3. The number of allylic oxidation sites excluding steroid dienone is 1. The third-order valence-electron chi connectivity index (χ3n) is 5.90. The van der Waals surface area contributed by atoms with Crippen molar-refractivity contribution in [3.63, 3.8) is 0 Å². The van der Waals surface area contributed by atoms with E-state index in [0.717, 1.165) is 6.42 Å². The van der Waals surface area contributed by atoms with Gasteiger partial charge < -0.3 is 0 Å². The molecule has 0 heterocycles.